The number of aryl methyl sites for hydroxylation is 2. The van der Waals surface area contributed by atoms with E-state index in [1.807, 2.05) is 26.0 Å². The van der Waals surface area contributed by atoms with Gasteiger partial charge in [0, 0.05) is 48.1 Å². The molecule has 0 saturated heterocycles. The van der Waals surface area contributed by atoms with Crippen molar-refractivity contribution < 1.29 is 41.6 Å². The SMILES string of the molecule is Cc1cc(-c2cc3c(o2)C(c2cc(CNS(=O)O)ccc2Oc2ccc(F)cc2F)=CN(C)C3O)cc(C)c1OCCO. The molecule has 1 aliphatic heterocycles. The van der Waals surface area contributed by atoms with Gasteiger partial charge in [-0.25, -0.2) is 17.7 Å². The van der Waals surface area contributed by atoms with Gasteiger partial charge in [0.15, 0.2) is 17.8 Å². The van der Waals surface area contributed by atoms with Gasteiger partial charge in [-0.3, -0.25) is 4.55 Å². The van der Waals surface area contributed by atoms with Crippen molar-refractivity contribution in [3.8, 4) is 28.6 Å². The first-order chi connectivity index (χ1) is 20.5. The predicted molar refractivity (Wildman–Crippen MR) is 156 cm³/mol. The van der Waals surface area contributed by atoms with Gasteiger partial charge in [-0.05, 0) is 73.0 Å². The third-order valence-corrected chi connectivity index (χ3v) is 7.32. The summed E-state index contributed by atoms with van der Waals surface area (Å²) in [6.07, 6.45) is 0.624. The molecule has 0 saturated carbocycles. The second kappa shape index (κ2) is 12.7. The van der Waals surface area contributed by atoms with E-state index in [9.17, 15) is 22.6 Å². The lowest BCUT2D eigenvalue weighted by molar-refractivity contribution is 0.0511. The van der Waals surface area contributed by atoms with Crippen molar-refractivity contribution in [3.63, 3.8) is 0 Å². The Morgan fingerprint density at radius 2 is 1.77 bits per heavy atom. The van der Waals surface area contributed by atoms with Gasteiger partial charge in [-0.1, -0.05) is 6.07 Å². The van der Waals surface area contributed by atoms with Crippen LogP contribution in [0.2, 0.25) is 0 Å². The zero-order valence-electron chi connectivity index (χ0n) is 23.6. The highest BCUT2D eigenvalue weighted by Gasteiger charge is 2.31. The molecule has 0 aliphatic carbocycles. The van der Waals surface area contributed by atoms with E-state index in [0.717, 1.165) is 28.8 Å². The molecule has 226 valence electrons. The van der Waals surface area contributed by atoms with Gasteiger partial charge < -0.3 is 29.0 Å². The number of furan rings is 1. The van der Waals surface area contributed by atoms with Gasteiger partial charge in [0.2, 0.25) is 11.3 Å². The Kier molecular flexibility index (Phi) is 8.95. The minimum Gasteiger partial charge on any atom is -0.491 e. The summed E-state index contributed by atoms with van der Waals surface area (Å²) < 4.78 is 69.0. The Balaban J connectivity index is 1.61. The average molecular weight is 613 g/mol. The molecule has 9 nitrogen and oxygen atoms in total. The molecule has 5 rings (SSSR count). The van der Waals surface area contributed by atoms with Crippen LogP contribution in [0.5, 0.6) is 17.2 Å². The third-order valence-electron chi connectivity index (χ3n) is 6.93. The molecular formula is C31H30F2N2O7S. The summed E-state index contributed by atoms with van der Waals surface area (Å²) in [6.45, 7) is 3.86. The number of rotatable bonds is 10. The van der Waals surface area contributed by atoms with Crippen LogP contribution in [-0.2, 0) is 17.8 Å². The summed E-state index contributed by atoms with van der Waals surface area (Å²) in [7, 11) is 1.68. The van der Waals surface area contributed by atoms with Crippen LogP contribution < -0.4 is 14.2 Å². The fourth-order valence-electron chi connectivity index (χ4n) is 4.97. The minimum absolute atomic E-state index is 0.0343. The normalized spacial score (nSPS) is 15.2. The van der Waals surface area contributed by atoms with Crippen molar-refractivity contribution in [2.75, 3.05) is 20.3 Å². The topological polar surface area (TPSA) is 125 Å². The van der Waals surface area contributed by atoms with Crippen LogP contribution in [-0.4, -0.2) is 44.1 Å². The first-order valence-electron chi connectivity index (χ1n) is 13.3. The molecule has 0 radical (unpaired) electrons. The number of halogens is 2. The van der Waals surface area contributed by atoms with Crippen LogP contribution in [0.3, 0.4) is 0 Å². The summed E-state index contributed by atoms with van der Waals surface area (Å²) in [5, 5.41) is 20.2. The highest BCUT2D eigenvalue weighted by Crippen LogP contribution is 2.44. The van der Waals surface area contributed by atoms with Crippen molar-refractivity contribution >= 4 is 16.8 Å². The van der Waals surface area contributed by atoms with E-state index in [1.165, 1.54) is 6.07 Å². The molecule has 4 aromatic rings. The van der Waals surface area contributed by atoms with Crippen LogP contribution in [0.15, 0.2) is 65.2 Å². The van der Waals surface area contributed by atoms with Gasteiger partial charge in [-0.2, -0.15) is 0 Å². The third kappa shape index (κ3) is 6.48. The molecule has 3 aromatic carbocycles. The molecule has 0 spiro atoms. The maximum atomic E-state index is 14.6. The van der Waals surface area contributed by atoms with Gasteiger partial charge >= 0.3 is 0 Å². The van der Waals surface area contributed by atoms with Crippen LogP contribution >= 0.6 is 0 Å². The number of aliphatic hydroxyl groups is 2. The molecule has 12 heteroatoms. The minimum atomic E-state index is -2.25. The molecule has 0 fully saturated rings. The smallest absolute Gasteiger partial charge is 0.232 e. The lowest BCUT2D eigenvalue weighted by atomic mass is 9.95. The fourth-order valence-corrected chi connectivity index (χ4v) is 5.26. The molecule has 1 aromatic heterocycles. The van der Waals surface area contributed by atoms with Crippen molar-refractivity contribution in [2.45, 2.75) is 26.6 Å². The van der Waals surface area contributed by atoms with Crippen LogP contribution in [0.25, 0.3) is 16.9 Å². The molecule has 2 unspecified atom stereocenters. The standard InChI is InChI=1S/C31H30F2N2O7S/c1-17-10-20(11-18(2)29(17)40-9-8-36)28-14-23-30(42-28)24(16-35(3)31(23)37)22-12-19(15-34-43(38)39)4-6-26(22)41-27-7-5-21(32)13-25(27)33/h4-7,10-14,16,31,34,36-37H,8-9,15H2,1-3H3,(H,38,39). The van der Waals surface area contributed by atoms with Crippen molar-refractivity contribution in [1.29, 1.82) is 0 Å². The Hall–Kier alpha value is -4.07. The average Bonchev–Trinajstić information content (AvgIpc) is 3.41. The Labute approximate surface area is 249 Å². The number of aliphatic hydroxyl groups excluding tert-OH is 2. The van der Waals surface area contributed by atoms with E-state index in [2.05, 4.69) is 4.72 Å². The van der Waals surface area contributed by atoms with Crippen LogP contribution in [0.4, 0.5) is 8.78 Å². The summed E-state index contributed by atoms with van der Waals surface area (Å²) in [6, 6.07) is 13.4. The number of nitrogens with zero attached hydrogens (tertiary/aromatic N) is 1. The number of nitrogens with one attached hydrogen (secondary N) is 1. The quantitative estimate of drug-likeness (QED) is 0.172. The largest absolute Gasteiger partial charge is 0.491 e. The van der Waals surface area contributed by atoms with Crippen molar-refractivity contribution in [2.24, 2.45) is 0 Å². The highest BCUT2D eigenvalue weighted by molar-refractivity contribution is 7.77. The Bertz CT molecular complexity index is 1700. The Morgan fingerprint density at radius 3 is 2.44 bits per heavy atom. The lowest BCUT2D eigenvalue weighted by Gasteiger charge is -2.28. The fraction of sp³-hybridized carbons (Fsp3) is 0.226. The van der Waals surface area contributed by atoms with E-state index < -0.39 is 29.1 Å². The molecule has 2 atom stereocenters. The second-order valence-electron chi connectivity index (χ2n) is 10.1. The predicted octanol–water partition coefficient (Wildman–Crippen LogP) is 5.56. The summed E-state index contributed by atoms with van der Waals surface area (Å²) in [5.74, 6) is -0.155. The van der Waals surface area contributed by atoms with E-state index in [1.54, 1.807) is 42.4 Å². The lowest BCUT2D eigenvalue weighted by Crippen LogP contribution is -2.23. The number of benzene rings is 3. The van der Waals surface area contributed by atoms with Crippen LogP contribution in [0.1, 0.15) is 39.8 Å². The first-order valence-corrected chi connectivity index (χ1v) is 14.4. The maximum absolute atomic E-state index is 14.6. The number of ether oxygens (including phenoxy) is 2. The molecule has 0 bridgehead atoms. The van der Waals surface area contributed by atoms with Gasteiger partial charge in [0.25, 0.3) is 0 Å². The van der Waals surface area contributed by atoms with Crippen molar-refractivity contribution in [1.82, 2.24) is 9.62 Å². The summed E-state index contributed by atoms with van der Waals surface area (Å²) in [5.41, 5.74) is 4.43. The molecule has 1 aliphatic rings. The Morgan fingerprint density at radius 1 is 1.05 bits per heavy atom. The maximum Gasteiger partial charge on any atom is 0.232 e. The summed E-state index contributed by atoms with van der Waals surface area (Å²) >= 11 is -2.25. The monoisotopic (exact) mass is 612 g/mol. The van der Waals surface area contributed by atoms with Crippen molar-refractivity contribution in [3.05, 3.63) is 106 Å². The molecule has 0 amide bonds. The van der Waals surface area contributed by atoms with E-state index >= 15 is 0 Å². The summed E-state index contributed by atoms with van der Waals surface area (Å²) in [4.78, 5) is 1.58. The van der Waals surface area contributed by atoms with Gasteiger partial charge in [0.1, 0.15) is 35.4 Å². The van der Waals surface area contributed by atoms with E-state index in [4.69, 9.17) is 19.0 Å². The number of fused-ring (bicyclic) bond motifs is 1. The highest BCUT2D eigenvalue weighted by atomic mass is 32.2. The number of hydrogen-bond acceptors (Lipinski definition) is 7. The second-order valence-corrected chi connectivity index (χ2v) is 10.9. The molecule has 2 heterocycles. The van der Waals surface area contributed by atoms with Gasteiger partial charge in [-0.15, -0.1) is 0 Å². The number of hydrogen-bond donors (Lipinski definition) is 4. The van der Waals surface area contributed by atoms with Gasteiger partial charge in [0.05, 0.1) is 6.61 Å². The van der Waals surface area contributed by atoms with E-state index in [0.29, 0.717) is 39.5 Å². The first kappa shape index (κ1) is 30.4. The molecular weight excluding hydrogens is 582 g/mol. The zero-order valence-corrected chi connectivity index (χ0v) is 24.4. The molecule has 43 heavy (non-hydrogen) atoms. The van der Waals surface area contributed by atoms with Crippen LogP contribution in [0, 0.1) is 25.5 Å². The zero-order chi connectivity index (χ0) is 30.8. The van der Waals surface area contributed by atoms with E-state index in [-0.39, 0.29) is 31.3 Å². The molecule has 4 N–H and O–H groups in total.